The molecule has 0 aromatic carbocycles. The van der Waals surface area contributed by atoms with Gasteiger partial charge in [0.25, 0.3) is 0 Å². The first kappa shape index (κ1) is 14.2. The molecule has 0 rings (SSSR count). The molecule has 1 N–H and O–H groups in total. The van der Waals surface area contributed by atoms with Crippen molar-refractivity contribution in [1.29, 1.82) is 0 Å². The zero-order valence-electron chi connectivity index (χ0n) is 8.17. The second kappa shape index (κ2) is 8.53. The first-order chi connectivity index (χ1) is 6.56. The molecule has 0 aliphatic heterocycles. The molecule has 0 saturated heterocycles. The lowest BCUT2D eigenvalue weighted by molar-refractivity contribution is -0.133. The fraction of sp³-hybridized carbons (Fsp3) is 1.00. The predicted molar refractivity (Wildman–Crippen MR) is 55.8 cm³/mol. The highest BCUT2D eigenvalue weighted by Gasteiger charge is 2.25. The third-order valence-electron chi connectivity index (χ3n) is 1.82. The van der Waals surface area contributed by atoms with Crippen molar-refractivity contribution in [3.63, 3.8) is 0 Å². The highest BCUT2D eigenvalue weighted by Crippen LogP contribution is 2.18. The van der Waals surface area contributed by atoms with Gasteiger partial charge in [-0.2, -0.15) is 13.2 Å². The molecule has 0 aliphatic carbocycles. The van der Waals surface area contributed by atoms with Gasteiger partial charge in [-0.05, 0) is 19.4 Å². The zero-order chi connectivity index (χ0) is 10.9. The van der Waals surface area contributed by atoms with E-state index in [-0.39, 0.29) is 6.54 Å². The molecule has 0 fully saturated rings. The molecule has 86 valence electrons. The number of alkyl halides is 4. The van der Waals surface area contributed by atoms with Gasteiger partial charge in [-0.25, -0.2) is 0 Å². The number of hydrogen-bond donors (Lipinski definition) is 1. The molecule has 0 unspecified atom stereocenters. The highest BCUT2D eigenvalue weighted by molar-refractivity contribution is 9.09. The molecule has 0 bridgehead atoms. The second-order valence-electron chi connectivity index (χ2n) is 3.22. The SMILES string of the molecule is FC(F)(F)CCNCCCCCCBr. The molecule has 0 spiro atoms. The van der Waals surface area contributed by atoms with Gasteiger partial charge in [-0.3, -0.25) is 0 Å². The van der Waals surface area contributed by atoms with Gasteiger partial charge in [0.05, 0.1) is 6.42 Å². The van der Waals surface area contributed by atoms with Crippen molar-refractivity contribution in [2.24, 2.45) is 0 Å². The van der Waals surface area contributed by atoms with E-state index in [0.717, 1.165) is 31.0 Å². The van der Waals surface area contributed by atoms with Gasteiger partial charge in [0.2, 0.25) is 0 Å². The van der Waals surface area contributed by atoms with Gasteiger partial charge < -0.3 is 5.32 Å². The van der Waals surface area contributed by atoms with Crippen molar-refractivity contribution in [3.8, 4) is 0 Å². The van der Waals surface area contributed by atoms with Crippen molar-refractivity contribution in [1.82, 2.24) is 5.32 Å². The van der Waals surface area contributed by atoms with Crippen molar-refractivity contribution in [3.05, 3.63) is 0 Å². The molecule has 0 aromatic heterocycles. The number of rotatable bonds is 8. The van der Waals surface area contributed by atoms with Crippen molar-refractivity contribution in [2.75, 3.05) is 18.4 Å². The maximum Gasteiger partial charge on any atom is 0.390 e. The van der Waals surface area contributed by atoms with Crippen LogP contribution >= 0.6 is 15.9 Å². The maximum atomic E-state index is 11.7. The van der Waals surface area contributed by atoms with Gasteiger partial charge in [-0.15, -0.1) is 0 Å². The monoisotopic (exact) mass is 275 g/mol. The molecule has 1 nitrogen and oxygen atoms in total. The summed E-state index contributed by atoms with van der Waals surface area (Å²) in [5, 5.41) is 3.80. The summed E-state index contributed by atoms with van der Waals surface area (Å²) in [6, 6.07) is 0. The summed E-state index contributed by atoms with van der Waals surface area (Å²) in [6.07, 6.45) is -0.415. The van der Waals surface area contributed by atoms with Gasteiger partial charge in [0.15, 0.2) is 0 Å². The van der Waals surface area contributed by atoms with Crippen LogP contribution in [-0.2, 0) is 0 Å². The molecule has 0 amide bonds. The molecule has 0 heterocycles. The first-order valence-corrected chi connectivity index (χ1v) is 6.02. The number of nitrogens with one attached hydrogen (secondary N) is 1. The van der Waals surface area contributed by atoms with E-state index < -0.39 is 12.6 Å². The highest BCUT2D eigenvalue weighted by atomic mass is 79.9. The number of halogens is 4. The molecule has 0 radical (unpaired) electrons. The van der Waals surface area contributed by atoms with Gasteiger partial charge in [0, 0.05) is 11.9 Å². The van der Waals surface area contributed by atoms with E-state index >= 15 is 0 Å². The predicted octanol–water partition coefficient (Wildman–Crippen LogP) is 3.48. The van der Waals surface area contributed by atoms with Crippen LogP contribution in [-0.4, -0.2) is 24.6 Å². The Kier molecular flexibility index (Phi) is 8.67. The van der Waals surface area contributed by atoms with Crippen LogP contribution < -0.4 is 5.32 Å². The Morgan fingerprint density at radius 2 is 1.57 bits per heavy atom. The summed E-state index contributed by atoms with van der Waals surface area (Å²) in [7, 11) is 0. The van der Waals surface area contributed by atoms with Crippen LogP contribution in [0.5, 0.6) is 0 Å². The molecule has 0 aliphatic rings. The van der Waals surface area contributed by atoms with Crippen LogP contribution in [0.1, 0.15) is 32.1 Å². The Balaban J connectivity index is 2.99. The third-order valence-corrected chi connectivity index (χ3v) is 2.38. The minimum atomic E-state index is -4.02. The van der Waals surface area contributed by atoms with E-state index in [2.05, 4.69) is 21.2 Å². The smallest absolute Gasteiger partial charge is 0.316 e. The van der Waals surface area contributed by atoms with Gasteiger partial charge in [0.1, 0.15) is 0 Å². The summed E-state index contributed by atoms with van der Waals surface area (Å²) in [6.45, 7) is 0.736. The van der Waals surface area contributed by atoms with Crippen LogP contribution in [0.4, 0.5) is 13.2 Å². The zero-order valence-corrected chi connectivity index (χ0v) is 9.75. The van der Waals surface area contributed by atoms with E-state index in [1.54, 1.807) is 0 Å². The minimum absolute atomic E-state index is 0.0436. The van der Waals surface area contributed by atoms with Gasteiger partial charge >= 0.3 is 6.18 Å². The summed E-state index contributed by atoms with van der Waals surface area (Å²) in [5.74, 6) is 0. The molecular weight excluding hydrogens is 259 g/mol. The van der Waals surface area contributed by atoms with Gasteiger partial charge in [-0.1, -0.05) is 28.8 Å². The van der Waals surface area contributed by atoms with E-state index in [1.807, 2.05) is 0 Å². The van der Waals surface area contributed by atoms with Crippen molar-refractivity contribution in [2.45, 2.75) is 38.3 Å². The lowest BCUT2D eigenvalue weighted by atomic mass is 10.2. The lowest BCUT2D eigenvalue weighted by Gasteiger charge is -2.07. The summed E-state index contributed by atoms with van der Waals surface area (Å²) in [4.78, 5) is 0. The normalized spacial score (nSPS) is 12.0. The molecule has 5 heteroatoms. The molecule has 0 atom stereocenters. The largest absolute Gasteiger partial charge is 0.390 e. The van der Waals surface area contributed by atoms with E-state index in [9.17, 15) is 13.2 Å². The molecular formula is C9H17BrF3N. The Bertz CT molecular complexity index is 128. The molecule has 14 heavy (non-hydrogen) atoms. The third kappa shape index (κ3) is 12.2. The standard InChI is InChI=1S/C9H17BrF3N/c10-6-3-1-2-4-7-14-8-5-9(11,12)13/h14H,1-8H2. The van der Waals surface area contributed by atoms with Crippen LogP contribution in [0, 0.1) is 0 Å². The Morgan fingerprint density at radius 1 is 0.929 bits per heavy atom. The molecule has 0 saturated carbocycles. The minimum Gasteiger partial charge on any atom is -0.316 e. The van der Waals surface area contributed by atoms with E-state index in [0.29, 0.717) is 6.54 Å². The average molecular weight is 276 g/mol. The van der Waals surface area contributed by atoms with E-state index in [4.69, 9.17) is 0 Å². The summed E-state index contributed by atoms with van der Waals surface area (Å²) < 4.78 is 35.1. The number of hydrogen-bond acceptors (Lipinski definition) is 1. The Hall–Kier alpha value is 0.230. The first-order valence-electron chi connectivity index (χ1n) is 4.89. The Labute approximate surface area is 91.6 Å². The van der Waals surface area contributed by atoms with Crippen LogP contribution in [0.25, 0.3) is 0 Å². The average Bonchev–Trinajstić information content (AvgIpc) is 2.08. The van der Waals surface area contributed by atoms with E-state index in [1.165, 1.54) is 0 Å². The molecule has 0 aromatic rings. The lowest BCUT2D eigenvalue weighted by Crippen LogP contribution is -2.22. The quantitative estimate of drug-likeness (QED) is 0.528. The van der Waals surface area contributed by atoms with Crippen molar-refractivity contribution >= 4 is 15.9 Å². The fourth-order valence-electron chi connectivity index (χ4n) is 1.05. The fourth-order valence-corrected chi connectivity index (χ4v) is 1.45. The maximum absolute atomic E-state index is 11.7. The van der Waals surface area contributed by atoms with Crippen LogP contribution in [0.15, 0.2) is 0 Å². The van der Waals surface area contributed by atoms with Crippen LogP contribution in [0.3, 0.4) is 0 Å². The second-order valence-corrected chi connectivity index (χ2v) is 4.01. The Morgan fingerprint density at radius 3 is 2.14 bits per heavy atom. The topological polar surface area (TPSA) is 12.0 Å². The number of unbranched alkanes of at least 4 members (excludes halogenated alkanes) is 3. The summed E-state index contributed by atoms with van der Waals surface area (Å²) >= 11 is 3.32. The van der Waals surface area contributed by atoms with Crippen LogP contribution in [0.2, 0.25) is 0 Å². The summed E-state index contributed by atoms with van der Waals surface area (Å²) in [5.41, 5.74) is 0. The van der Waals surface area contributed by atoms with Crippen molar-refractivity contribution < 1.29 is 13.2 Å².